The van der Waals surface area contributed by atoms with Gasteiger partial charge in [-0.2, -0.15) is 0 Å². The van der Waals surface area contributed by atoms with Crippen LogP contribution in [0.4, 0.5) is 4.39 Å². The summed E-state index contributed by atoms with van der Waals surface area (Å²) in [7, 11) is 0. The van der Waals surface area contributed by atoms with Crippen molar-refractivity contribution in [2.45, 2.75) is 25.5 Å². The second-order valence-corrected chi connectivity index (χ2v) is 7.46. The Morgan fingerprint density at radius 2 is 2.03 bits per heavy atom. The number of ether oxygens (including phenoxy) is 1. The van der Waals surface area contributed by atoms with Crippen LogP contribution in [0.25, 0.3) is 16.9 Å². The molecule has 3 heterocycles. The van der Waals surface area contributed by atoms with Crippen LogP contribution in [0.3, 0.4) is 0 Å². The largest absolute Gasteiger partial charge is 0.363 e. The third kappa shape index (κ3) is 3.66. The highest BCUT2D eigenvalue weighted by atomic mass is 19.1. The third-order valence-corrected chi connectivity index (χ3v) is 5.37. The molecule has 2 atom stereocenters. The first-order chi connectivity index (χ1) is 15.1. The molecule has 2 aromatic heterocycles. The molecule has 0 saturated heterocycles. The molecule has 0 aliphatic carbocycles. The monoisotopic (exact) mass is 417 g/mol. The Kier molecular flexibility index (Phi) is 4.91. The Labute approximate surface area is 177 Å². The molecular weight excluding hydrogens is 397 g/mol. The predicted octanol–water partition coefficient (Wildman–Crippen LogP) is 3.42. The summed E-state index contributed by atoms with van der Waals surface area (Å²) < 4.78 is 21.3. The van der Waals surface area contributed by atoms with E-state index in [-0.39, 0.29) is 11.7 Å². The molecule has 1 aliphatic rings. The van der Waals surface area contributed by atoms with Crippen LogP contribution in [-0.4, -0.2) is 32.1 Å². The van der Waals surface area contributed by atoms with Crippen molar-refractivity contribution in [3.63, 3.8) is 0 Å². The van der Waals surface area contributed by atoms with Gasteiger partial charge < -0.3 is 10.1 Å². The molecule has 0 radical (unpaired) electrons. The van der Waals surface area contributed by atoms with Crippen molar-refractivity contribution in [2.75, 3.05) is 6.61 Å². The van der Waals surface area contributed by atoms with Gasteiger partial charge in [0.05, 0.1) is 18.3 Å². The van der Waals surface area contributed by atoms with Gasteiger partial charge in [-0.15, -0.1) is 5.10 Å². The molecule has 1 amide bonds. The highest BCUT2D eigenvalue weighted by molar-refractivity contribution is 5.83. The zero-order valence-electron chi connectivity index (χ0n) is 16.8. The molecule has 5 rings (SSSR count). The van der Waals surface area contributed by atoms with Gasteiger partial charge in [0.25, 0.3) is 5.91 Å². The van der Waals surface area contributed by atoms with E-state index in [1.54, 1.807) is 24.3 Å². The average Bonchev–Trinajstić information content (AvgIpc) is 3.22. The smallest absolute Gasteiger partial charge is 0.254 e. The van der Waals surface area contributed by atoms with Crippen LogP contribution < -0.4 is 5.32 Å². The third-order valence-electron chi connectivity index (χ3n) is 5.37. The van der Waals surface area contributed by atoms with Gasteiger partial charge in [-0.3, -0.25) is 4.79 Å². The normalized spacial score (nSPS) is 16.6. The first kappa shape index (κ1) is 19.3. The quantitative estimate of drug-likeness (QED) is 0.550. The number of carbonyl (C=O) groups excluding carboxylic acids is 1. The van der Waals surface area contributed by atoms with E-state index >= 15 is 0 Å². The first-order valence-corrected chi connectivity index (χ1v) is 10.1. The SMILES string of the molecule is C[C@H](NC(=O)[C@H]1OCCc2ccccc21)c1nc2cc(-c3ccccc3F)ncn2n1. The summed E-state index contributed by atoms with van der Waals surface area (Å²) in [4.78, 5) is 21.7. The summed E-state index contributed by atoms with van der Waals surface area (Å²) in [6.07, 6.45) is 1.63. The molecule has 0 fully saturated rings. The van der Waals surface area contributed by atoms with Crippen molar-refractivity contribution < 1.29 is 13.9 Å². The standard InChI is InChI=1S/C23H20FN5O2/c1-14(26-23(30)21-16-7-3-2-6-15(16)10-11-31-21)22-27-20-12-19(25-13-29(20)28-22)17-8-4-5-9-18(17)24/h2-9,12-14,21H,10-11H2,1H3,(H,26,30)/t14-,21-/m0/s1. The summed E-state index contributed by atoms with van der Waals surface area (Å²) in [5.74, 6) is -0.152. The van der Waals surface area contributed by atoms with Crippen molar-refractivity contribution in [3.8, 4) is 11.3 Å². The van der Waals surface area contributed by atoms with Crippen molar-refractivity contribution in [1.82, 2.24) is 24.9 Å². The fourth-order valence-electron chi connectivity index (χ4n) is 3.78. The van der Waals surface area contributed by atoms with Crippen LogP contribution in [0.2, 0.25) is 0 Å². The second-order valence-electron chi connectivity index (χ2n) is 7.46. The maximum absolute atomic E-state index is 14.1. The molecule has 1 N–H and O–H groups in total. The lowest BCUT2D eigenvalue weighted by Crippen LogP contribution is -2.35. The summed E-state index contributed by atoms with van der Waals surface area (Å²) >= 11 is 0. The van der Waals surface area contributed by atoms with Crippen LogP contribution in [0, 0.1) is 5.82 Å². The van der Waals surface area contributed by atoms with Crippen LogP contribution in [0.5, 0.6) is 0 Å². The van der Waals surface area contributed by atoms with Gasteiger partial charge in [0.15, 0.2) is 17.6 Å². The van der Waals surface area contributed by atoms with E-state index < -0.39 is 12.1 Å². The van der Waals surface area contributed by atoms with Gasteiger partial charge in [0.2, 0.25) is 0 Å². The molecule has 4 aromatic rings. The number of aromatic nitrogens is 4. The molecule has 8 heteroatoms. The minimum Gasteiger partial charge on any atom is -0.363 e. The fourth-order valence-corrected chi connectivity index (χ4v) is 3.78. The number of benzene rings is 2. The molecular formula is C23H20FN5O2. The van der Waals surface area contributed by atoms with E-state index in [1.807, 2.05) is 31.2 Å². The molecule has 0 bridgehead atoms. The minimum absolute atomic E-state index is 0.233. The van der Waals surface area contributed by atoms with Crippen molar-refractivity contribution >= 4 is 11.6 Å². The molecule has 0 unspecified atom stereocenters. The molecule has 0 spiro atoms. The number of carbonyl (C=O) groups is 1. The summed E-state index contributed by atoms with van der Waals surface area (Å²) in [6.45, 7) is 2.31. The minimum atomic E-state index is -0.654. The van der Waals surface area contributed by atoms with Crippen LogP contribution in [0.1, 0.15) is 36.0 Å². The first-order valence-electron chi connectivity index (χ1n) is 10.1. The number of amides is 1. The molecule has 0 saturated carbocycles. The molecule has 156 valence electrons. The van der Waals surface area contributed by atoms with E-state index in [9.17, 15) is 9.18 Å². The van der Waals surface area contributed by atoms with Crippen molar-refractivity contribution in [1.29, 1.82) is 0 Å². The van der Waals surface area contributed by atoms with Crippen molar-refractivity contribution in [2.24, 2.45) is 0 Å². The fraction of sp³-hybridized carbons (Fsp3) is 0.217. The summed E-state index contributed by atoms with van der Waals surface area (Å²) in [6, 6.07) is 15.5. The predicted molar refractivity (Wildman–Crippen MR) is 112 cm³/mol. The number of hydrogen-bond donors (Lipinski definition) is 1. The number of nitrogens with zero attached hydrogens (tertiary/aromatic N) is 4. The number of rotatable bonds is 4. The Hall–Kier alpha value is -3.65. The van der Waals surface area contributed by atoms with Gasteiger partial charge in [-0.25, -0.2) is 18.9 Å². The zero-order chi connectivity index (χ0) is 21.4. The van der Waals surface area contributed by atoms with Gasteiger partial charge in [-0.05, 0) is 36.6 Å². The maximum Gasteiger partial charge on any atom is 0.254 e. The lowest BCUT2D eigenvalue weighted by Gasteiger charge is -2.26. The highest BCUT2D eigenvalue weighted by Crippen LogP contribution is 2.28. The lowest BCUT2D eigenvalue weighted by atomic mass is 9.97. The van der Waals surface area contributed by atoms with Gasteiger partial charge in [0.1, 0.15) is 12.1 Å². The Bertz CT molecular complexity index is 1270. The summed E-state index contributed by atoms with van der Waals surface area (Å²) in [5, 5.41) is 7.35. The Balaban J connectivity index is 1.37. The molecule has 1 aliphatic heterocycles. The van der Waals surface area contributed by atoms with E-state index in [0.29, 0.717) is 29.3 Å². The highest BCUT2D eigenvalue weighted by Gasteiger charge is 2.29. The summed E-state index contributed by atoms with van der Waals surface area (Å²) in [5.41, 5.74) is 3.39. The van der Waals surface area contributed by atoms with E-state index in [4.69, 9.17) is 4.74 Å². The van der Waals surface area contributed by atoms with E-state index in [2.05, 4.69) is 20.4 Å². The van der Waals surface area contributed by atoms with Gasteiger partial charge in [0, 0.05) is 11.6 Å². The van der Waals surface area contributed by atoms with Gasteiger partial charge in [-0.1, -0.05) is 36.4 Å². The lowest BCUT2D eigenvalue weighted by molar-refractivity contribution is -0.134. The molecule has 2 aromatic carbocycles. The second kappa shape index (κ2) is 7.88. The number of halogens is 1. The number of fused-ring (bicyclic) bond motifs is 2. The van der Waals surface area contributed by atoms with Crippen molar-refractivity contribution in [3.05, 3.63) is 83.7 Å². The zero-order valence-corrected chi connectivity index (χ0v) is 16.8. The molecule has 31 heavy (non-hydrogen) atoms. The van der Waals surface area contributed by atoms with E-state index in [1.165, 1.54) is 16.9 Å². The molecule has 7 nitrogen and oxygen atoms in total. The Morgan fingerprint density at radius 3 is 2.90 bits per heavy atom. The van der Waals surface area contributed by atoms with Gasteiger partial charge >= 0.3 is 0 Å². The number of nitrogens with one attached hydrogen (secondary N) is 1. The average molecular weight is 417 g/mol. The maximum atomic E-state index is 14.1. The number of hydrogen-bond acceptors (Lipinski definition) is 5. The van der Waals surface area contributed by atoms with Crippen LogP contribution in [0.15, 0.2) is 60.9 Å². The van der Waals surface area contributed by atoms with E-state index in [0.717, 1.165) is 17.5 Å². The Morgan fingerprint density at radius 1 is 1.23 bits per heavy atom. The topological polar surface area (TPSA) is 81.4 Å². The van der Waals surface area contributed by atoms with Crippen LogP contribution >= 0.6 is 0 Å². The van der Waals surface area contributed by atoms with Crippen LogP contribution in [-0.2, 0) is 16.0 Å².